The molecule has 31 heavy (non-hydrogen) atoms. The lowest BCUT2D eigenvalue weighted by atomic mass is 10.2. The van der Waals surface area contributed by atoms with Gasteiger partial charge in [0.05, 0.1) is 23.8 Å². The molecule has 0 N–H and O–H groups in total. The monoisotopic (exact) mass is 485 g/mol. The fourth-order valence-corrected chi connectivity index (χ4v) is 4.06. The van der Waals surface area contributed by atoms with Crippen LogP contribution in [0, 0.1) is 0 Å². The van der Waals surface area contributed by atoms with Crippen molar-refractivity contribution in [3.05, 3.63) is 64.0 Å². The Labute approximate surface area is 191 Å². The first-order valence-electron chi connectivity index (χ1n) is 10.5. The van der Waals surface area contributed by atoms with Crippen LogP contribution in [0.5, 0.6) is 5.75 Å². The van der Waals surface area contributed by atoms with Gasteiger partial charge in [-0.25, -0.2) is 9.78 Å². The number of imidazole rings is 1. The fraction of sp³-hybridized carbons (Fsp3) is 0.417. The molecule has 0 saturated heterocycles. The number of carbonyl (C=O) groups excluding carboxylic acids is 1. The predicted molar refractivity (Wildman–Crippen MR) is 123 cm³/mol. The third kappa shape index (κ3) is 5.39. The van der Waals surface area contributed by atoms with Crippen LogP contribution in [0.15, 0.2) is 47.2 Å². The van der Waals surface area contributed by atoms with Crippen LogP contribution in [-0.4, -0.2) is 33.1 Å². The van der Waals surface area contributed by atoms with E-state index in [-0.39, 0.29) is 6.09 Å². The van der Waals surface area contributed by atoms with Gasteiger partial charge in [0.25, 0.3) is 0 Å². The molecule has 1 aliphatic carbocycles. The molecule has 0 unspecified atom stereocenters. The zero-order valence-corrected chi connectivity index (χ0v) is 20.0. The highest BCUT2D eigenvalue weighted by Crippen LogP contribution is 2.41. The molecule has 6 nitrogen and oxygen atoms in total. The van der Waals surface area contributed by atoms with Crippen molar-refractivity contribution in [3.63, 3.8) is 0 Å². The van der Waals surface area contributed by atoms with Crippen molar-refractivity contribution in [1.82, 2.24) is 14.3 Å². The highest BCUT2D eigenvalue weighted by molar-refractivity contribution is 9.10. The van der Waals surface area contributed by atoms with Crippen LogP contribution in [0.4, 0.5) is 4.79 Å². The van der Waals surface area contributed by atoms with E-state index in [1.54, 1.807) is 12.0 Å². The number of hydrogen-bond acceptors (Lipinski definition) is 4. The van der Waals surface area contributed by atoms with E-state index in [0.717, 1.165) is 27.1 Å². The Morgan fingerprint density at radius 3 is 2.52 bits per heavy atom. The summed E-state index contributed by atoms with van der Waals surface area (Å²) in [6, 6.07) is 9.86. The minimum Gasteiger partial charge on any atom is -0.497 e. The SMILES string of the molecule is COc1ccc(CN(Cc2cn3cc(C4CC4)cc(Br)c3n2)C(=O)OC(C)(C)C)cc1. The third-order valence-corrected chi connectivity index (χ3v) is 5.75. The topological polar surface area (TPSA) is 56.1 Å². The van der Waals surface area contributed by atoms with Gasteiger partial charge in [0.1, 0.15) is 11.4 Å². The maximum Gasteiger partial charge on any atom is 0.410 e. The van der Waals surface area contributed by atoms with E-state index >= 15 is 0 Å². The van der Waals surface area contributed by atoms with Gasteiger partial charge in [-0.2, -0.15) is 0 Å². The first-order chi connectivity index (χ1) is 14.7. The zero-order chi connectivity index (χ0) is 22.2. The molecule has 3 aromatic rings. The Morgan fingerprint density at radius 2 is 1.90 bits per heavy atom. The van der Waals surface area contributed by atoms with Crippen LogP contribution >= 0.6 is 15.9 Å². The van der Waals surface area contributed by atoms with Gasteiger partial charge in [0, 0.05) is 18.9 Å². The molecule has 2 heterocycles. The lowest BCUT2D eigenvalue weighted by Gasteiger charge is -2.27. The molecule has 0 atom stereocenters. The molecule has 0 aliphatic heterocycles. The van der Waals surface area contributed by atoms with Crippen molar-refractivity contribution in [2.45, 2.75) is 58.2 Å². The molecule has 1 fully saturated rings. The maximum atomic E-state index is 13.0. The third-order valence-electron chi connectivity index (χ3n) is 5.16. The van der Waals surface area contributed by atoms with Crippen LogP contribution in [0.3, 0.4) is 0 Å². The van der Waals surface area contributed by atoms with Crippen molar-refractivity contribution in [3.8, 4) is 5.75 Å². The van der Waals surface area contributed by atoms with Gasteiger partial charge in [0.15, 0.2) is 5.65 Å². The summed E-state index contributed by atoms with van der Waals surface area (Å²) < 4.78 is 13.9. The highest BCUT2D eigenvalue weighted by Gasteiger charge is 2.26. The summed E-state index contributed by atoms with van der Waals surface area (Å²) in [5.74, 6) is 1.43. The van der Waals surface area contributed by atoms with Gasteiger partial charge < -0.3 is 13.9 Å². The summed E-state index contributed by atoms with van der Waals surface area (Å²) in [5.41, 5.74) is 3.41. The summed E-state index contributed by atoms with van der Waals surface area (Å²) >= 11 is 3.66. The Hall–Kier alpha value is -2.54. The number of halogens is 1. The number of aromatic nitrogens is 2. The van der Waals surface area contributed by atoms with E-state index in [1.807, 2.05) is 55.6 Å². The average Bonchev–Trinajstić information content (AvgIpc) is 3.47. The molecular weight excluding hydrogens is 458 g/mol. The van der Waals surface area contributed by atoms with Gasteiger partial charge >= 0.3 is 6.09 Å². The van der Waals surface area contributed by atoms with E-state index < -0.39 is 5.60 Å². The van der Waals surface area contributed by atoms with E-state index in [9.17, 15) is 4.79 Å². The van der Waals surface area contributed by atoms with Crippen molar-refractivity contribution >= 4 is 27.7 Å². The van der Waals surface area contributed by atoms with Crippen LogP contribution < -0.4 is 4.74 Å². The minimum atomic E-state index is -0.573. The Balaban J connectivity index is 1.59. The number of rotatable bonds is 6. The number of hydrogen-bond donors (Lipinski definition) is 0. The van der Waals surface area contributed by atoms with E-state index in [4.69, 9.17) is 14.5 Å². The second-order valence-electron chi connectivity index (χ2n) is 9.04. The summed E-state index contributed by atoms with van der Waals surface area (Å²) in [7, 11) is 1.64. The molecule has 4 rings (SSSR count). The maximum absolute atomic E-state index is 13.0. The number of methoxy groups -OCH3 is 1. The molecule has 0 bridgehead atoms. The molecular formula is C24H28BrN3O3. The van der Waals surface area contributed by atoms with E-state index in [1.165, 1.54) is 18.4 Å². The minimum absolute atomic E-state index is 0.355. The summed E-state index contributed by atoms with van der Waals surface area (Å²) in [6.07, 6.45) is 6.27. The number of amides is 1. The summed E-state index contributed by atoms with van der Waals surface area (Å²) in [5, 5.41) is 0. The molecule has 164 valence electrons. The molecule has 1 amide bonds. The standard InChI is InChI=1S/C24H28BrN3O3/c1-24(2,3)31-23(29)28(12-16-5-9-20(30-4)10-6-16)15-19-14-27-13-18(17-7-8-17)11-21(25)22(27)26-19/h5-6,9-11,13-14,17H,7-8,12,15H2,1-4H3. The average molecular weight is 486 g/mol. The van der Waals surface area contributed by atoms with Gasteiger partial charge in [-0.05, 0) is 84.8 Å². The highest BCUT2D eigenvalue weighted by atomic mass is 79.9. The second kappa shape index (κ2) is 8.54. The molecule has 7 heteroatoms. The number of fused-ring (bicyclic) bond motifs is 1. The number of pyridine rings is 1. The van der Waals surface area contributed by atoms with E-state index in [0.29, 0.717) is 19.0 Å². The molecule has 1 saturated carbocycles. The van der Waals surface area contributed by atoms with Crippen LogP contribution in [0.25, 0.3) is 5.65 Å². The first kappa shape index (κ1) is 21.7. The normalized spacial score (nSPS) is 14.0. The quantitative estimate of drug-likeness (QED) is 0.434. The number of carbonyl (C=O) groups is 1. The fourth-order valence-electron chi connectivity index (χ4n) is 3.50. The van der Waals surface area contributed by atoms with Crippen molar-refractivity contribution < 1.29 is 14.3 Å². The smallest absolute Gasteiger partial charge is 0.410 e. The Morgan fingerprint density at radius 1 is 1.19 bits per heavy atom. The van der Waals surface area contributed by atoms with Gasteiger partial charge in [-0.1, -0.05) is 12.1 Å². The van der Waals surface area contributed by atoms with Crippen molar-refractivity contribution in [2.24, 2.45) is 0 Å². The van der Waals surface area contributed by atoms with Gasteiger partial charge in [-0.15, -0.1) is 0 Å². The molecule has 0 spiro atoms. The molecule has 2 aromatic heterocycles. The zero-order valence-electron chi connectivity index (χ0n) is 18.4. The van der Waals surface area contributed by atoms with Gasteiger partial charge in [0.2, 0.25) is 0 Å². The molecule has 0 radical (unpaired) electrons. The number of ether oxygens (including phenoxy) is 2. The molecule has 1 aliphatic rings. The predicted octanol–water partition coefficient (Wildman–Crippen LogP) is 5.92. The van der Waals surface area contributed by atoms with Crippen LogP contribution in [0.1, 0.15) is 56.4 Å². The van der Waals surface area contributed by atoms with Crippen LogP contribution in [0.2, 0.25) is 0 Å². The van der Waals surface area contributed by atoms with Gasteiger partial charge in [-0.3, -0.25) is 4.90 Å². The van der Waals surface area contributed by atoms with E-state index in [2.05, 4.69) is 28.2 Å². The van der Waals surface area contributed by atoms with Crippen molar-refractivity contribution in [2.75, 3.05) is 7.11 Å². The Kier molecular flexibility index (Phi) is 5.97. The summed E-state index contributed by atoms with van der Waals surface area (Å²) in [4.78, 5) is 19.4. The number of nitrogens with zero attached hydrogens (tertiary/aromatic N) is 3. The Bertz CT molecular complexity index is 1080. The number of benzene rings is 1. The summed E-state index contributed by atoms with van der Waals surface area (Å²) in [6.45, 7) is 6.39. The molecule has 1 aromatic carbocycles. The second-order valence-corrected chi connectivity index (χ2v) is 9.90. The largest absolute Gasteiger partial charge is 0.497 e. The first-order valence-corrected chi connectivity index (χ1v) is 11.3. The van der Waals surface area contributed by atoms with Crippen LogP contribution in [-0.2, 0) is 17.8 Å². The van der Waals surface area contributed by atoms with Crippen molar-refractivity contribution in [1.29, 1.82) is 0 Å². The lowest BCUT2D eigenvalue weighted by molar-refractivity contribution is 0.0214. The lowest BCUT2D eigenvalue weighted by Crippen LogP contribution is -2.36.